The average Bonchev–Trinajstić information content (AvgIpc) is 2.57. The quantitative estimate of drug-likeness (QED) is 0.708. The largest absolute Gasteiger partial charge is 0.396 e. The van der Waals surface area contributed by atoms with Crippen LogP contribution in [0.2, 0.25) is 0 Å². The molecule has 17 heavy (non-hydrogen) atoms. The van der Waals surface area contributed by atoms with Crippen molar-refractivity contribution < 1.29 is 5.11 Å². The zero-order valence-corrected chi connectivity index (χ0v) is 11.2. The Morgan fingerprint density at radius 2 is 2.12 bits per heavy atom. The van der Waals surface area contributed by atoms with Crippen LogP contribution in [0.1, 0.15) is 39.3 Å². The number of anilines is 2. The molecular weight excluding hydrogens is 216 g/mol. The molecule has 0 amide bonds. The van der Waals surface area contributed by atoms with Gasteiger partial charge >= 0.3 is 0 Å². The monoisotopic (exact) mass is 240 g/mol. The Labute approximate surface area is 103 Å². The molecule has 5 nitrogen and oxygen atoms in total. The summed E-state index contributed by atoms with van der Waals surface area (Å²) in [4.78, 5) is 0. The molecular formula is C12H24N4O. The third kappa shape index (κ3) is 2.91. The third-order valence-electron chi connectivity index (χ3n) is 3.34. The van der Waals surface area contributed by atoms with Gasteiger partial charge in [0, 0.05) is 18.7 Å². The normalized spacial score (nSPS) is 14.6. The van der Waals surface area contributed by atoms with Gasteiger partial charge < -0.3 is 16.2 Å². The van der Waals surface area contributed by atoms with E-state index in [1.807, 2.05) is 18.5 Å². The molecule has 1 atom stereocenters. The Kier molecular flexibility index (Phi) is 4.40. The fraction of sp³-hybridized carbons (Fsp3) is 0.750. The first-order chi connectivity index (χ1) is 7.97. The average molecular weight is 240 g/mol. The molecule has 0 saturated heterocycles. The van der Waals surface area contributed by atoms with Crippen LogP contribution in [0.3, 0.4) is 0 Å². The molecule has 0 spiro atoms. The second-order valence-corrected chi connectivity index (χ2v) is 4.68. The molecule has 0 aliphatic carbocycles. The lowest BCUT2D eigenvalue weighted by atomic mass is 9.95. The summed E-state index contributed by atoms with van der Waals surface area (Å²) in [6.45, 7) is 9.06. The number of hydrogen-bond donors (Lipinski definition) is 3. The van der Waals surface area contributed by atoms with Crippen molar-refractivity contribution in [2.24, 2.45) is 0 Å². The molecule has 0 aliphatic heterocycles. The Bertz CT molecular complexity index is 375. The lowest BCUT2D eigenvalue weighted by Crippen LogP contribution is -2.36. The van der Waals surface area contributed by atoms with Crippen LogP contribution in [0.15, 0.2) is 0 Å². The van der Waals surface area contributed by atoms with E-state index in [4.69, 9.17) is 10.8 Å². The summed E-state index contributed by atoms with van der Waals surface area (Å²) in [6, 6.07) is 0. The number of nitrogens with zero attached hydrogens (tertiary/aromatic N) is 2. The molecule has 1 aromatic heterocycles. The van der Waals surface area contributed by atoms with Gasteiger partial charge in [0.25, 0.3) is 0 Å². The van der Waals surface area contributed by atoms with Crippen LogP contribution < -0.4 is 11.1 Å². The summed E-state index contributed by atoms with van der Waals surface area (Å²) < 4.78 is 1.87. The van der Waals surface area contributed by atoms with Crippen molar-refractivity contribution in [1.29, 1.82) is 0 Å². The van der Waals surface area contributed by atoms with E-state index in [2.05, 4.69) is 24.3 Å². The summed E-state index contributed by atoms with van der Waals surface area (Å²) in [5, 5.41) is 16.9. The standard InChI is InChI=1S/C12H24N4O/c1-5-12(4,7-8-17)14-11-10(13)9(3)15-16(11)6-2/h14,17H,5-8,13H2,1-4H3. The summed E-state index contributed by atoms with van der Waals surface area (Å²) in [6.07, 6.45) is 1.61. The molecule has 5 heteroatoms. The van der Waals surface area contributed by atoms with Gasteiger partial charge in [-0.25, -0.2) is 4.68 Å². The maximum Gasteiger partial charge on any atom is 0.148 e. The number of nitrogen functional groups attached to an aromatic ring is 1. The lowest BCUT2D eigenvalue weighted by molar-refractivity contribution is 0.251. The van der Waals surface area contributed by atoms with Gasteiger partial charge in [0.05, 0.1) is 11.4 Å². The number of aromatic nitrogens is 2. The van der Waals surface area contributed by atoms with E-state index in [-0.39, 0.29) is 12.1 Å². The molecule has 98 valence electrons. The van der Waals surface area contributed by atoms with Crippen molar-refractivity contribution in [1.82, 2.24) is 9.78 Å². The molecule has 0 radical (unpaired) electrons. The van der Waals surface area contributed by atoms with Crippen LogP contribution >= 0.6 is 0 Å². The van der Waals surface area contributed by atoms with Crippen molar-refractivity contribution in [3.05, 3.63) is 5.69 Å². The highest BCUT2D eigenvalue weighted by Gasteiger charge is 2.24. The Hall–Kier alpha value is -1.23. The number of aliphatic hydroxyl groups excluding tert-OH is 1. The summed E-state index contributed by atoms with van der Waals surface area (Å²) in [5.74, 6) is 0.864. The highest BCUT2D eigenvalue weighted by Crippen LogP contribution is 2.28. The maximum absolute atomic E-state index is 9.12. The summed E-state index contributed by atoms with van der Waals surface area (Å²) in [7, 11) is 0. The third-order valence-corrected chi connectivity index (χ3v) is 3.34. The Morgan fingerprint density at radius 3 is 2.59 bits per heavy atom. The van der Waals surface area contributed by atoms with E-state index in [1.54, 1.807) is 0 Å². The Balaban J connectivity index is 3.00. The minimum Gasteiger partial charge on any atom is -0.396 e. The summed E-state index contributed by atoms with van der Waals surface area (Å²) >= 11 is 0. The van der Waals surface area contributed by atoms with Crippen molar-refractivity contribution in [2.75, 3.05) is 17.7 Å². The number of aryl methyl sites for hydroxylation is 2. The molecule has 1 aromatic rings. The van der Waals surface area contributed by atoms with E-state index in [9.17, 15) is 0 Å². The fourth-order valence-electron chi connectivity index (χ4n) is 1.82. The second-order valence-electron chi connectivity index (χ2n) is 4.68. The molecule has 0 fully saturated rings. The molecule has 0 aromatic carbocycles. The van der Waals surface area contributed by atoms with Crippen molar-refractivity contribution in [3.63, 3.8) is 0 Å². The molecule has 1 unspecified atom stereocenters. The highest BCUT2D eigenvalue weighted by molar-refractivity contribution is 5.65. The maximum atomic E-state index is 9.12. The second kappa shape index (κ2) is 5.40. The number of aliphatic hydroxyl groups is 1. The fourth-order valence-corrected chi connectivity index (χ4v) is 1.82. The van der Waals surface area contributed by atoms with Gasteiger partial charge in [-0.3, -0.25) is 0 Å². The zero-order valence-electron chi connectivity index (χ0n) is 11.2. The molecule has 1 rings (SSSR count). The smallest absolute Gasteiger partial charge is 0.148 e. The number of rotatable bonds is 6. The van der Waals surface area contributed by atoms with Gasteiger partial charge in [-0.1, -0.05) is 6.92 Å². The molecule has 4 N–H and O–H groups in total. The lowest BCUT2D eigenvalue weighted by Gasteiger charge is -2.30. The zero-order chi connectivity index (χ0) is 13.1. The minimum atomic E-state index is -0.151. The van der Waals surface area contributed by atoms with Crippen LogP contribution in [0.25, 0.3) is 0 Å². The summed E-state index contributed by atoms with van der Waals surface area (Å²) in [5.41, 5.74) is 7.42. The van der Waals surface area contributed by atoms with Gasteiger partial charge in [0.2, 0.25) is 0 Å². The first-order valence-corrected chi connectivity index (χ1v) is 6.19. The number of nitrogens with one attached hydrogen (secondary N) is 1. The number of hydrogen-bond acceptors (Lipinski definition) is 4. The predicted octanol–water partition coefficient (Wildman–Crippen LogP) is 1.76. The van der Waals surface area contributed by atoms with E-state index in [0.717, 1.165) is 24.5 Å². The predicted molar refractivity (Wildman–Crippen MR) is 71.1 cm³/mol. The van der Waals surface area contributed by atoms with Crippen molar-refractivity contribution in [3.8, 4) is 0 Å². The molecule has 1 heterocycles. The molecule has 0 saturated carbocycles. The van der Waals surface area contributed by atoms with Crippen LogP contribution in [0, 0.1) is 6.92 Å². The van der Waals surface area contributed by atoms with Gasteiger partial charge in [0.15, 0.2) is 0 Å². The van der Waals surface area contributed by atoms with Crippen molar-refractivity contribution >= 4 is 11.5 Å². The molecule has 0 aliphatic rings. The van der Waals surface area contributed by atoms with E-state index < -0.39 is 0 Å². The Morgan fingerprint density at radius 1 is 1.47 bits per heavy atom. The van der Waals surface area contributed by atoms with Crippen LogP contribution in [-0.4, -0.2) is 27.0 Å². The van der Waals surface area contributed by atoms with Gasteiger partial charge in [-0.05, 0) is 33.6 Å². The van der Waals surface area contributed by atoms with E-state index in [0.29, 0.717) is 12.1 Å². The SMILES string of the molecule is CCn1nc(C)c(N)c1NC(C)(CC)CCO. The van der Waals surface area contributed by atoms with Gasteiger partial charge in [-0.15, -0.1) is 0 Å². The topological polar surface area (TPSA) is 76.1 Å². The van der Waals surface area contributed by atoms with Crippen LogP contribution in [0.4, 0.5) is 11.5 Å². The van der Waals surface area contributed by atoms with Crippen molar-refractivity contribution in [2.45, 2.75) is 52.6 Å². The van der Waals surface area contributed by atoms with Crippen LogP contribution in [-0.2, 0) is 6.54 Å². The van der Waals surface area contributed by atoms with E-state index in [1.165, 1.54) is 0 Å². The first-order valence-electron chi connectivity index (χ1n) is 6.19. The van der Waals surface area contributed by atoms with E-state index >= 15 is 0 Å². The highest BCUT2D eigenvalue weighted by atomic mass is 16.3. The minimum absolute atomic E-state index is 0.151. The van der Waals surface area contributed by atoms with Gasteiger partial charge in [0.1, 0.15) is 5.82 Å². The first kappa shape index (κ1) is 13.8. The number of nitrogens with two attached hydrogens (primary N) is 1. The van der Waals surface area contributed by atoms with Crippen LogP contribution in [0.5, 0.6) is 0 Å². The van der Waals surface area contributed by atoms with Gasteiger partial charge in [-0.2, -0.15) is 5.10 Å². The molecule has 0 bridgehead atoms.